The average Bonchev–Trinajstić information content (AvgIpc) is 2.72. The van der Waals surface area contributed by atoms with Gasteiger partial charge in [-0.1, -0.05) is 0 Å². The van der Waals surface area contributed by atoms with Crippen LogP contribution in [0, 0.1) is 11.3 Å². The van der Waals surface area contributed by atoms with Gasteiger partial charge in [-0.25, -0.2) is 0 Å². The van der Waals surface area contributed by atoms with Gasteiger partial charge in [0.2, 0.25) is 0 Å². The Balaban J connectivity index is 2.03. The normalized spacial score (nSPS) is 24.5. The van der Waals surface area contributed by atoms with Crippen LogP contribution in [-0.4, -0.2) is 41.7 Å². The molecule has 0 spiro atoms. The molecule has 2 atom stereocenters. The summed E-state index contributed by atoms with van der Waals surface area (Å²) in [6.45, 7) is 0. The van der Waals surface area contributed by atoms with Crippen molar-refractivity contribution < 1.29 is 18.2 Å². The number of nitrogens with zero attached hydrogens (tertiary/aromatic N) is 2. The first-order chi connectivity index (χ1) is 10.0. The van der Waals surface area contributed by atoms with E-state index in [1.807, 2.05) is 6.07 Å². The maximum absolute atomic E-state index is 12.6. The SMILES string of the molecule is N#Cc1cccc2c1[Se](=O)N(C1CCC(=O)NC1=O)C2=O. The van der Waals surface area contributed by atoms with Crippen LogP contribution in [0.2, 0.25) is 0 Å². The molecule has 8 heteroatoms. The molecule has 2 heterocycles. The molecule has 2 aliphatic heterocycles. The van der Waals surface area contributed by atoms with Crippen molar-refractivity contribution in [3.63, 3.8) is 0 Å². The van der Waals surface area contributed by atoms with E-state index in [0.717, 1.165) is 3.92 Å². The van der Waals surface area contributed by atoms with E-state index in [2.05, 4.69) is 5.32 Å². The Hall–Kier alpha value is -2.36. The number of amides is 3. The Morgan fingerprint density at radius 1 is 1.33 bits per heavy atom. The third-order valence-corrected chi connectivity index (χ3v) is 6.70. The molecule has 0 aliphatic carbocycles. The first kappa shape index (κ1) is 13.6. The number of piperidine rings is 1. The monoisotopic (exact) mass is 351 g/mol. The second-order valence-electron chi connectivity index (χ2n) is 4.64. The Labute approximate surface area is 123 Å². The molecule has 1 aromatic rings. The predicted molar refractivity (Wildman–Crippen MR) is 69.6 cm³/mol. The fraction of sp³-hybridized carbons (Fsp3) is 0.231. The van der Waals surface area contributed by atoms with Crippen molar-refractivity contribution in [2.45, 2.75) is 18.9 Å². The molecule has 3 rings (SSSR count). The number of nitrogens with one attached hydrogen (secondary N) is 1. The van der Waals surface area contributed by atoms with Gasteiger partial charge >= 0.3 is 123 Å². The number of rotatable bonds is 1. The fourth-order valence-corrected chi connectivity index (χ4v) is 5.63. The fourth-order valence-electron chi connectivity index (χ4n) is 2.44. The summed E-state index contributed by atoms with van der Waals surface area (Å²) in [5.74, 6) is -1.53. The number of nitriles is 1. The van der Waals surface area contributed by atoms with Crippen LogP contribution in [0.5, 0.6) is 0 Å². The Morgan fingerprint density at radius 2 is 2.10 bits per heavy atom. The molecule has 1 fully saturated rings. The summed E-state index contributed by atoms with van der Waals surface area (Å²) < 4.78 is 13.9. The van der Waals surface area contributed by atoms with E-state index in [1.54, 1.807) is 6.07 Å². The van der Waals surface area contributed by atoms with Crippen LogP contribution < -0.4 is 9.78 Å². The zero-order chi connectivity index (χ0) is 15.1. The van der Waals surface area contributed by atoms with Crippen LogP contribution in [0.3, 0.4) is 0 Å². The molecule has 0 bridgehead atoms. The molecule has 2 aliphatic rings. The molecule has 3 amide bonds. The summed E-state index contributed by atoms with van der Waals surface area (Å²) in [5.41, 5.74) is 0.398. The van der Waals surface area contributed by atoms with Crippen molar-refractivity contribution in [3.05, 3.63) is 29.3 Å². The van der Waals surface area contributed by atoms with Crippen molar-refractivity contribution in [2.24, 2.45) is 0 Å². The zero-order valence-electron chi connectivity index (χ0n) is 10.7. The number of carbonyl (C=O) groups excluding carboxylic acids is 3. The van der Waals surface area contributed by atoms with E-state index in [0.29, 0.717) is 0 Å². The third-order valence-electron chi connectivity index (χ3n) is 3.41. The molecule has 1 saturated heterocycles. The van der Waals surface area contributed by atoms with Crippen LogP contribution >= 0.6 is 0 Å². The van der Waals surface area contributed by atoms with E-state index in [4.69, 9.17) is 5.26 Å². The number of fused-ring (bicyclic) bond motifs is 1. The van der Waals surface area contributed by atoms with Gasteiger partial charge in [0, 0.05) is 0 Å². The van der Waals surface area contributed by atoms with Gasteiger partial charge < -0.3 is 0 Å². The summed E-state index contributed by atoms with van der Waals surface area (Å²) in [4.78, 5) is 35.4. The van der Waals surface area contributed by atoms with Crippen molar-refractivity contribution >= 4 is 36.2 Å². The van der Waals surface area contributed by atoms with E-state index < -0.39 is 37.8 Å². The third kappa shape index (κ3) is 1.98. The molecule has 0 saturated carbocycles. The van der Waals surface area contributed by atoms with Crippen LogP contribution in [0.15, 0.2) is 18.2 Å². The average molecular weight is 350 g/mol. The molecule has 1 N–H and O–H groups in total. The minimum absolute atomic E-state index is 0.0977. The molecule has 2 unspecified atom stereocenters. The standard InChI is InChI=1S/C13H9N3O4Se/c14-6-7-2-1-3-8-11(7)21(20)16(13(8)19)9-4-5-10(17)15-12(9)18/h1-3,9H,4-5H2,(H,15,17,18). The number of hydrogen-bond acceptors (Lipinski definition) is 5. The first-order valence-electron chi connectivity index (χ1n) is 6.17. The van der Waals surface area contributed by atoms with Gasteiger partial charge in [0.05, 0.1) is 0 Å². The summed E-state index contributed by atoms with van der Waals surface area (Å²) >= 11 is -3.01. The quantitative estimate of drug-likeness (QED) is 0.513. The molecule has 21 heavy (non-hydrogen) atoms. The maximum atomic E-state index is 12.6. The molecule has 0 radical (unpaired) electrons. The van der Waals surface area contributed by atoms with Crippen LogP contribution in [0.25, 0.3) is 0 Å². The number of imide groups is 1. The minimum atomic E-state index is -3.01. The van der Waals surface area contributed by atoms with Crippen molar-refractivity contribution in [1.82, 2.24) is 9.23 Å². The summed E-state index contributed by atoms with van der Waals surface area (Å²) in [6.07, 6.45) is 0.245. The van der Waals surface area contributed by atoms with Gasteiger partial charge in [0.1, 0.15) is 0 Å². The predicted octanol–water partition coefficient (Wildman–Crippen LogP) is -1.06. The molecule has 0 aromatic heterocycles. The van der Waals surface area contributed by atoms with Crippen LogP contribution in [-0.2, 0) is 13.4 Å². The first-order valence-corrected chi connectivity index (χ1v) is 8.49. The summed E-state index contributed by atoms with van der Waals surface area (Å²) in [6, 6.07) is 5.54. The summed E-state index contributed by atoms with van der Waals surface area (Å²) in [5, 5.41) is 11.2. The van der Waals surface area contributed by atoms with E-state index in [9.17, 15) is 18.2 Å². The van der Waals surface area contributed by atoms with E-state index in [1.165, 1.54) is 12.1 Å². The van der Waals surface area contributed by atoms with Gasteiger partial charge in [-0.15, -0.1) is 0 Å². The topological polar surface area (TPSA) is 107 Å². The molecule has 7 nitrogen and oxygen atoms in total. The van der Waals surface area contributed by atoms with Crippen molar-refractivity contribution in [3.8, 4) is 6.07 Å². The summed E-state index contributed by atoms with van der Waals surface area (Å²) in [7, 11) is 0. The van der Waals surface area contributed by atoms with Gasteiger partial charge in [0.15, 0.2) is 0 Å². The number of hydrogen-bond donors (Lipinski definition) is 1. The van der Waals surface area contributed by atoms with Gasteiger partial charge in [-0.3, -0.25) is 0 Å². The molecule has 106 valence electrons. The number of carbonyl (C=O) groups is 3. The molecular weight excluding hydrogens is 341 g/mol. The Morgan fingerprint density at radius 3 is 2.76 bits per heavy atom. The van der Waals surface area contributed by atoms with Gasteiger partial charge in [-0.05, 0) is 0 Å². The van der Waals surface area contributed by atoms with Crippen molar-refractivity contribution in [1.29, 1.82) is 5.26 Å². The van der Waals surface area contributed by atoms with E-state index in [-0.39, 0.29) is 28.4 Å². The molecule has 1 aromatic carbocycles. The van der Waals surface area contributed by atoms with Crippen LogP contribution in [0.1, 0.15) is 28.8 Å². The second-order valence-corrected chi connectivity index (χ2v) is 7.37. The number of benzene rings is 1. The van der Waals surface area contributed by atoms with E-state index >= 15 is 0 Å². The van der Waals surface area contributed by atoms with Gasteiger partial charge in [0.25, 0.3) is 0 Å². The second kappa shape index (κ2) is 4.88. The zero-order valence-corrected chi connectivity index (χ0v) is 12.4. The Kier molecular flexibility index (Phi) is 3.16. The van der Waals surface area contributed by atoms with Gasteiger partial charge in [-0.2, -0.15) is 0 Å². The Bertz CT molecular complexity index is 752. The van der Waals surface area contributed by atoms with Crippen molar-refractivity contribution in [2.75, 3.05) is 0 Å². The molecular formula is C13H9N3O4Se. The van der Waals surface area contributed by atoms with Crippen LogP contribution in [0.4, 0.5) is 0 Å².